The third kappa shape index (κ3) is 4.30. The molecule has 2 N–H and O–H groups in total. The van der Waals surface area contributed by atoms with Gasteiger partial charge in [0.1, 0.15) is 12.1 Å². The van der Waals surface area contributed by atoms with E-state index in [0.717, 1.165) is 11.9 Å². The summed E-state index contributed by atoms with van der Waals surface area (Å²) < 4.78 is 31.8. The van der Waals surface area contributed by atoms with Crippen molar-refractivity contribution in [3.63, 3.8) is 0 Å². The molecule has 0 saturated carbocycles. The minimum absolute atomic E-state index is 0.218. The zero-order chi connectivity index (χ0) is 22.1. The van der Waals surface area contributed by atoms with E-state index in [4.69, 9.17) is 0 Å². The Bertz CT molecular complexity index is 1000. The first-order valence-corrected chi connectivity index (χ1v) is 9.12. The van der Waals surface area contributed by atoms with Crippen LogP contribution in [0.3, 0.4) is 0 Å². The number of nitrogens with one attached hydrogen (secondary N) is 1. The van der Waals surface area contributed by atoms with E-state index in [2.05, 4.69) is 15.2 Å². The number of hydrazone groups is 1. The SMILES string of the molecule is COC(=O)c1cccc(N2N=C(C)C(C(O)Nc3cccc(C(C)(F)F)c3)C2=O)c1. The monoisotopic (exact) mass is 417 g/mol. The number of carbonyl (C=O) groups excluding carboxylic acids is 2. The van der Waals surface area contributed by atoms with Crippen LogP contribution in [-0.2, 0) is 15.5 Å². The van der Waals surface area contributed by atoms with Crippen LogP contribution in [0, 0.1) is 5.92 Å². The summed E-state index contributed by atoms with van der Waals surface area (Å²) in [7, 11) is 1.25. The normalized spacial score (nSPS) is 17.5. The maximum absolute atomic E-state index is 13.5. The third-order valence-corrected chi connectivity index (χ3v) is 4.69. The Morgan fingerprint density at radius 2 is 1.97 bits per heavy atom. The second-order valence-corrected chi connectivity index (χ2v) is 6.97. The first kappa shape index (κ1) is 21.4. The highest BCUT2D eigenvalue weighted by atomic mass is 19.3. The summed E-state index contributed by atoms with van der Waals surface area (Å²) in [6.45, 7) is 2.36. The van der Waals surface area contributed by atoms with Crippen LogP contribution in [0.4, 0.5) is 20.2 Å². The van der Waals surface area contributed by atoms with Gasteiger partial charge in [-0.3, -0.25) is 4.79 Å². The van der Waals surface area contributed by atoms with Gasteiger partial charge in [0, 0.05) is 18.2 Å². The fourth-order valence-corrected chi connectivity index (χ4v) is 3.15. The number of alkyl halides is 2. The number of ether oxygens (including phenoxy) is 1. The molecule has 0 spiro atoms. The van der Waals surface area contributed by atoms with E-state index in [1.54, 1.807) is 19.1 Å². The molecule has 1 amide bonds. The molecule has 158 valence electrons. The van der Waals surface area contributed by atoms with Gasteiger partial charge in [-0.25, -0.2) is 18.6 Å². The molecule has 7 nitrogen and oxygen atoms in total. The van der Waals surface area contributed by atoms with E-state index in [9.17, 15) is 23.5 Å². The summed E-state index contributed by atoms with van der Waals surface area (Å²) in [6.07, 6.45) is -1.39. The Labute approximate surface area is 172 Å². The number of benzene rings is 2. The molecule has 2 unspecified atom stereocenters. The molecule has 2 aromatic carbocycles. The Morgan fingerprint density at radius 1 is 1.27 bits per heavy atom. The number of nitrogens with zero attached hydrogens (tertiary/aromatic N) is 2. The Morgan fingerprint density at radius 3 is 2.63 bits per heavy atom. The molecule has 1 heterocycles. The first-order chi connectivity index (χ1) is 14.1. The van der Waals surface area contributed by atoms with Gasteiger partial charge in [-0.1, -0.05) is 18.2 Å². The largest absolute Gasteiger partial charge is 0.465 e. The molecule has 0 saturated heterocycles. The van der Waals surface area contributed by atoms with E-state index in [1.165, 1.54) is 43.5 Å². The lowest BCUT2D eigenvalue weighted by Crippen LogP contribution is -2.39. The van der Waals surface area contributed by atoms with Crippen molar-refractivity contribution in [3.05, 3.63) is 59.7 Å². The zero-order valence-corrected chi connectivity index (χ0v) is 16.6. The number of hydrogen-bond acceptors (Lipinski definition) is 6. The van der Waals surface area contributed by atoms with E-state index in [0.29, 0.717) is 11.4 Å². The quantitative estimate of drug-likeness (QED) is 0.556. The zero-order valence-electron chi connectivity index (χ0n) is 16.6. The second-order valence-electron chi connectivity index (χ2n) is 6.97. The number of aliphatic hydroxyl groups is 1. The van der Waals surface area contributed by atoms with Gasteiger partial charge in [0.2, 0.25) is 0 Å². The smallest absolute Gasteiger partial charge is 0.337 e. The van der Waals surface area contributed by atoms with Gasteiger partial charge in [0.25, 0.3) is 11.8 Å². The topological polar surface area (TPSA) is 91.2 Å². The van der Waals surface area contributed by atoms with E-state index < -0.39 is 29.9 Å². The van der Waals surface area contributed by atoms with Crippen LogP contribution in [0.2, 0.25) is 0 Å². The van der Waals surface area contributed by atoms with Crippen molar-refractivity contribution in [3.8, 4) is 0 Å². The predicted molar refractivity (Wildman–Crippen MR) is 108 cm³/mol. The van der Waals surface area contributed by atoms with Gasteiger partial charge >= 0.3 is 5.97 Å². The number of esters is 1. The summed E-state index contributed by atoms with van der Waals surface area (Å²) >= 11 is 0. The minimum Gasteiger partial charge on any atom is -0.465 e. The van der Waals surface area contributed by atoms with Crippen LogP contribution >= 0.6 is 0 Å². The van der Waals surface area contributed by atoms with Crippen molar-refractivity contribution in [1.82, 2.24) is 0 Å². The molecule has 0 bridgehead atoms. The molecule has 2 aromatic rings. The van der Waals surface area contributed by atoms with E-state index in [-0.39, 0.29) is 16.8 Å². The lowest BCUT2D eigenvalue weighted by molar-refractivity contribution is -0.121. The van der Waals surface area contributed by atoms with Gasteiger partial charge < -0.3 is 15.2 Å². The summed E-state index contributed by atoms with van der Waals surface area (Å²) in [5.74, 6) is -5.15. The Hall–Kier alpha value is -3.33. The molecule has 0 radical (unpaired) electrons. The van der Waals surface area contributed by atoms with Crippen molar-refractivity contribution in [1.29, 1.82) is 0 Å². The maximum atomic E-state index is 13.5. The lowest BCUT2D eigenvalue weighted by Gasteiger charge is -2.21. The molecule has 3 rings (SSSR count). The van der Waals surface area contributed by atoms with Crippen molar-refractivity contribution in [2.24, 2.45) is 11.0 Å². The molecule has 9 heteroatoms. The van der Waals surface area contributed by atoms with Crippen LogP contribution in [0.1, 0.15) is 29.8 Å². The summed E-state index contributed by atoms with van der Waals surface area (Å²) in [5.41, 5.74) is 0.942. The molecule has 1 aliphatic heterocycles. The summed E-state index contributed by atoms with van der Waals surface area (Å²) in [5, 5.41) is 18.6. The van der Waals surface area contributed by atoms with E-state index >= 15 is 0 Å². The summed E-state index contributed by atoms with van der Waals surface area (Å²) in [6, 6.07) is 11.6. The molecule has 0 fully saturated rings. The lowest BCUT2D eigenvalue weighted by atomic mass is 10.0. The van der Waals surface area contributed by atoms with Gasteiger partial charge in [-0.2, -0.15) is 5.10 Å². The second kappa shape index (κ2) is 8.19. The minimum atomic E-state index is -3.04. The highest BCUT2D eigenvalue weighted by Gasteiger charge is 2.40. The van der Waals surface area contributed by atoms with Gasteiger partial charge in [0.15, 0.2) is 0 Å². The van der Waals surface area contributed by atoms with Crippen molar-refractivity contribution >= 4 is 29.0 Å². The predicted octanol–water partition coefficient (Wildman–Crippen LogP) is 3.35. The van der Waals surface area contributed by atoms with Crippen LogP contribution in [0.25, 0.3) is 0 Å². The van der Waals surface area contributed by atoms with Gasteiger partial charge in [0.05, 0.1) is 24.1 Å². The standard InChI is InChI=1S/C21H21F2N3O4/c1-12-17(18(27)24-15-8-5-7-14(11-15)21(2,22)23)19(28)26(25-12)16-9-4-6-13(10-16)20(29)30-3/h4-11,17-18,24,27H,1-3H3. The Kier molecular flexibility index (Phi) is 5.84. The number of carbonyl (C=O) groups is 2. The fourth-order valence-electron chi connectivity index (χ4n) is 3.15. The van der Waals surface area contributed by atoms with Crippen molar-refractivity contribution < 1.29 is 28.2 Å². The van der Waals surface area contributed by atoms with Gasteiger partial charge in [-0.15, -0.1) is 0 Å². The van der Waals surface area contributed by atoms with Crippen LogP contribution in [0.5, 0.6) is 0 Å². The Balaban J connectivity index is 1.80. The molecule has 1 aliphatic rings. The number of amides is 1. The van der Waals surface area contributed by atoms with Crippen LogP contribution < -0.4 is 10.3 Å². The molecule has 0 aliphatic carbocycles. The van der Waals surface area contributed by atoms with Crippen LogP contribution in [-0.4, -0.2) is 36.0 Å². The number of methoxy groups -OCH3 is 1. The molecule has 0 aromatic heterocycles. The van der Waals surface area contributed by atoms with E-state index in [1.807, 2.05) is 0 Å². The van der Waals surface area contributed by atoms with Crippen molar-refractivity contribution in [2.75, 3.05) is 17.4 Å². The maximum Gasteiger partial charge on any atom is 0.337 e. The average Bonchev–Trinajstić information content (AvgIpc) is 3.01. The number of anilines is 2. The fraction of sp³-hybridized carbons (Fsp3) is 0.286. The highest BCUT2D eigenvalue weighted by molar-refractivity contribution is 6.15. The highest BCUT2D eigenvalue weighted by Crippen LogP contribution is 2.30. The molecular formula is C21H21F2N3O4. The van der Waals surface area contributed by atoms with Crippen LogP contribution in [0.15, 0.2) is 53.6 Å². The number of hydrogen-bond donors (Lipinski definition) is 2. The van der Waals surface area contributed by atoms with Crippen molar-refractivity contribution in [2.45, 2.75) is 26.0 Å². The first-order valence-electron chi connectivity index (χ1n) is 9.12. The number of aliphatic hydroxyl groups excluding tert-OH is 1. The van der Waals surface area contributed by atoms with Gasteiger partial charge in [-0.05, 0) is 37.3 Å². The number of rotatable bonds is 6. The third-order valence-electron chi connectivity index (χ3n) is 4.69. The average molecular weight is 417 g/mol. The summed E-state index contributed by atoms with van der Waals surface area (Å²) in [4.78, 5) is 24.6. The number of halogens is 2. The molecular weight excluding hydrogens is 396 g/mol. The molecule has 2 atom stereocenters. The molecule has 30 heavy (non-hydrogen) atoms.